The number of methoxy groups -OCH3 is 1. The smallest absolute Gasteiger partial charge is 0.255 e. The molecule has 0 radical (unpaired) electrons. The van der Waals surface area contributed by atoms with Crippen molar-refractivity contribution in [2.24, 2.45) is 0 Å². The molecule has 0 bridgehead atoms. The van der Waals surface area contributed by atoms with Crippen LogP contribution in [0.5, 0.6) is 5.75 Å². The van der Waals surface area contributed by atoms with Crippen LogP contribution in [-0.4, -0.2) is 24.7 Å². The van der Waals surface area contributed by atoms with Crippen LogP contribution in [0, 0.1) is 6.92 Å². The van der Waals surface area contributed by atoms with Crippen LogP contribution >= 0.6 is 11.8 Å². The Morgan fingerprint density at radius 1 is 0.897 bits per heavy atom. The molecule has 0 aromatic heterocycles. The summed E-state index contributed by atoms with van der Waals surface area (Å²) in [6.45, 7) is 1.98. The van der Waals surface area contributed by atoms with Crippen molar-refractivity contribution in [3.63, 3.8) is 0 Å². The third-order valence-electron chi connectivity index (χ3n) is 4.15. The predicted octanol–water partition coefficient (Wildman–Crippen LogP) is 4.99. The van der Waals surface area contributed by atoms with Gasteiger partial charge in [-0.15, -0.1) is 11.8 Å². The summed E-state index contributed by atoms with van der Waals surface area (Å²) in [7, 11) is 1.59. The molecule has 148 valence electrons. The fraction of sp³-hybridized carbons (Fsp3) is 0.130. The van der Waals surface area contributed by atoms with E-state index in [0.29, 0.717) is 22.7 Å². The van der Waals surface area contributed by atoms with Gasteiger partial charge in [-0.3, -0.25) is 9.59 Å². The largest absolute Gasteiger partial charge is 0.497 e. The molecule has 0 aliphatic carbocycles. The molecule has 3 rings (SSSR count). The average Bonchev–Trinajstić information content (AvgIpc) is 2.74. The van der Waals surface area contributed by atoms with E-state index in [0.717, 1.165) is 10.5 Å². The zero-order valence-electron chi connectivity index (χ0n) is 16.3. The molecule has 0 heterocycles. The van der Waals surface area contributed by atoms with E-state index >= 15 is 0 Å². The monoisotopic (exact) mass is 406 g/mol. The number of amides is 2. The summed E-state index contributed by atoms with van der Waals surface area (Å²) >= 11 is 1.43. The standard InChI is InChI=1S/C23H22N2O3S/c1-16-6-8-17(9-7-16)23(27)25-18-10-12-21(13-11-18)29-15-22(26)24-19-4-3-5-20(14-19)28-2/h3-14H,15H2,1-2H3,(H,24,26)(H,25,27). The molecule has 0 unspecified atom stereocenters. The summed E-state index contributed by atoms with van der Waals surface area (Å²) in [4.78, 5) is 25.4. The van der Waals surface area contributed by atoms with Crippen LogP contribution in [0.3, 0.4) is 0 Å². The molecule has 0 aliphatic heterocycles. The van der Waals surface area contributed by atoms with Gasteiger partial charge in [-0.25, -0.2) is 0 Å². The molecule has 3 aromatic rings. The van der Waals surface area contributed by atoms with E-state index in [4.69, 9.17) is 4.74 Å². The fourth-order valence-electron chi connectivity index (χ4n) is 2.59. The Balaban J connectivity index is 1.50. The Kier molecular flexibility index (Phi) is 6.92. The Morgan fingerprint density at radius 3 is 2.31 bits per heavy atom. The van der Waals surface area contributed by atoms with Crippen molar-refractivity contribution in [3.05, 3.63) is 83.9 Å². The number of ether oxygens (including phenoxy) is 1. The highest BCUT2D eigenvalue weighted by Gasteiger charge is 2.07. The van der Waals surface area contributed by atoms with Gasteiger partial charge in [0, 0.05) is 27.9 Å². The molecule has 0 atom stereocenters. The first kappa shape index (κ1) is 20.5. The van der Waals surface area contributed by atoms with E-state index in [2.05, 4.69) is 10.6 Å². The Labute approximate surface area is 174 Å². The lowest BCUT2D eigenvalue weighted by molar-refractivity contribution is -0.113. The minimum absolute atomic E-state index is 0.0972. The maximum Gasteiger partial charge on any atom is 0.255 e. The lowest BCUT2D eigenvalue weighted by Gasteiger charge is -2.08. The maximum atomic E-state index is 12.3. The van der Waals surface area contributed by atoms with Crippen LogP contribution in [0.1, 0.15) is 15.9 Å². The summed E-state index contributed by atoms with van der Waals surface area (Å²) in [5.41, 5.74) is 3.13. The molecule has 5 nitrogen and oxygen atoms in total. The fourth-order valence-corrected chi connectivity index (χ4v) is 3.29. The van der Waals surface area contributed by atoms with Crippen molar-refractivity contribution < 1.29 is 14.3 Å². The third-order valence-corrected chi connectivity index (χ3v) is 5.16. The van der Waals surface area contributed by atoms with Crippen molar-refractivity contribution in [1.29, 1.82) is 0 Å². The molecule has 0 saturated heterocycles. The van der Waals surface area contributed by atoms with Gasteiger partial charge >= 0.3 is 0 Å². The molecule has 0 spiro atoms. The van der Waals surface area contributed by atoms with Gasteiger partial charge in [-0.05, 0) is 55.5 Å². The summed E-state index contributed by atoms with van der Waals surface area (Å²) in [5, 5.41) is 5.72. The number of hydrogen-bond donors (Lipinski definition) is 2. The number of carbonyl (C=O) groups is 2. The third kappa shape index (κ3) is 6.12. The Morgan fingerprint density at radius 2 is 1.62 bits per heavy atom. The number of carbonyl (C=O) groups excluding carboxylic acids is 2. The lowest BCUT2D eigenvalue weighted by Crippen LogP contribution is -2.14. The Hall–Kier alpha value is -3.25. The minimum Gasteiger partial charge on any atom is -0.497 e. The van der Waals surface area contributed by atoms with Crippen molar-refractivity contribution in [1.82, 2.24) is 0 Å². The number of nitrogens with one attached hydrogen (secondary N) is 2. The van der Waals surface area contributed by atoms with Crippen LogP contribution in [-0.2, 0) is 4.79 Å². The van der Waals surface area contributed by atoms with Crippen molar-refractivity contribution in [2.45, 2.75) is 11.8 Å². The molecular weight excluding hydrogens is 384 g/mol. The number of thioether (sulfide) groups is 1. The van der Waals surface area contributed by atoms with Crippen molar-refractivity contribution in [2.75, 3.05) is 23.5 Å². The van der Waals surface area contributed by atoms with E-state index in [1.54, 1.807) is 25.3 Å². The molecule has 0 aliphatic rings. The summed E-state index contributed by atoms with van der Waals surface area (Å²) in [5.74, 6) is 0.730. The lowest BCUT2D eigenvalue weighted by atomic mass is 10.1. The normalized spacial score (nSPS) is 10.3. The first-order chi connectivity index (χ1) is 14.0. The predicted molar refractivity (Wildman–Crippen MR) is 118 cm³/mol. The van der Waals surface area contributed by atoms with Crippen LogP contribution in [0.15, 0.2) is 77.7 Å². The number of benzene rings is 3. The maximum absolute atomic E-state index is 12.3. The van der Waals surface area contributed by atoms with E-state index in [-0.39, 0.29) is 17.6 Å². The van der Waals surface area contributed by atoms with Gasteiger partial charge in [-0.1, -0.05) is 23.8 Å². The van der Waals surface area contributed by atoms with Gasteiger partial charge in [0.15, 0.2) is 0 Å². The second kappa shape index (κ2) is 9.80. The van der Waals surface area contributed by atoms with Gasteiger partial charge in [0.05, 0.1) is 12.9 Å². The van der Waals surface area contributed by atoms with Crippen LogP contribution in [0.4, 0.5) is 11.4 Å². The highest BCUT2D eigenvalue weighted by atomic mass is 32.2. The molecule has 3 aromatic carbocycles. The second-order valence-electron chi connectivity index (χ2n) is 6.41. The highest BCUT2D eigenvalue weighted by Crippen LogP contribution is 2.22. The first-order valence-corrected chi connectivity index (χ1v) is 10.1. The van der Waals surface area contributed by atoms with E-state index in [9.17, 15) is 9.59 Å². The number of anilines is 2. The van der Waals surface area contributed by atoms with E-state index < -0.39 is 0 Å². The number of rotatable bonds is 7. The average molecular weight is 407 g/mol. The highest BCUT2D eigenvalue weighted by molar-refractivity contribution is 8.00. The van der Waals surface area contributed by atoms with Crippen LogP contribution in [0.25, 0.3) is 0 Å². The number of hydrogen-bond acceptors (Lipinski definition) is 4. The summed E-state index contributed by atoms with van der Waals surface area (Å²) in [6.07, 6.45) is 0. The molecule has 0 fully saturated rings. The second-order valence-corrected chi connectivity index (χ2v) is 7.46. The molecule has 6 heteroatoms. The minimum atomic E-state index is -0.150. The Bertz CT molecular complexity index is 986. The topological polar surface area (TPSA) is 67.4 Å². The molecule has 0 saturated carbocycles. The summed E-state index contributed by atoms with van der Waals surface area (Å²) < 4.78 is 5.15. The van der Waals surface area contributed by atoms with E-state index in [1.807, 2.05) is 61.5 Å². The summed E-state index contributed by atoms with van der Waals surface area (Å²) in [6, 6.07) is 22.1. The zero-order chi connectivity index (χ0) is 20.6. The van der Waals surface area contributed by atoms with Crippen LogP contribution < -0.4 is 15.4 Å². The van der Waals surface area contributed by atoms with Crippen molar-refractivity contribution in [3.8, 4) is 5.75 Å². The van der Waals surface area contributed by atoms with Gasteiger partial charge in [0.1, 0.15) is 5.75 Å². The SMILES string of the molecule is COc1cccc(NC(=O)CSc2ccc(NC(=O)c3ccc(C)cc3)cc2)c1. The molecule has 2 N–H and O–H groups in total. The van der Waals surface area contributed by atoms with Gasteiger partial charge in [0.25, 0.3) is 5.91 Å². The quantitative estimate of drug-likeness (QED) is 0.543. The molecular formula is C23H22N2O3S. The van der Waals surface area contributed by atoms with Gasteiger partial charge in [0.2, 0.25) is 5.91 Å². The molecule has 29 heavy (non-hydrogen) atoms. The van der Waals surface area contributed by atoms with Crippen LogP contribution in [0.2, 0.25) is 0 Å². The number of aryl methyl sites for hydroxylation is 1. The van der Waals surface area contributed by atoms with E-state index in [1.165, 1.54) is 11.8 Å². The molecule has 2 amide bonds. The van der Waals surface area contributed by atoms with Gasteiger partial charge < -0.3 is 15.4 Å². The zero-order valence-corrected chi connectivity index (χ0v) is 17.1. The van der Waals surface area contributed by atoms with Crippen molar-refractivity contribution >= 4 is 35.0 Å². The van der Waals surface area contributed by atoms with Gasteiger partial charge in [-0.2, -0.15) is 0 Å². The first-order valence-electron chi connectivity index (χ1n) is 9.08.